The quantitative estimate of drug-likeness (QED) is 0.410. The lowest BCUT2D eigenvalue weighted by molar-refractivity contribution is -0.225. The van der Waals surface area contributed by atoms with Gasteiger partial charge in [0.25, 0.3) is 0 Å². The molecule has 3 N–H and O–H groups in total. The number of hydrogen-bond acceptors (Lipinski definition) is 7. The van der Waals surface area contributed by atoms with Crippen molar-refractivity contribution in [1.29, 1.82) is 0 Å². The number of aliphatic hydroxyl groups is 2. The second-order valence-corrected chi connectivity index (χ2v) is 15.8. The van der Waals surface area contributed by atoms with Gasteiger partial charge in [-0.15, -0.1) is 0 Å². The molecule has 0 bridgehead atoms. The van der Waals surface area contributed by atoms with Gasteiger partial charge in [-0.05, 0) is 112 Å². The lowest BCUT2D eigenvalue weighted by atomic mass is 9.39. The van der Waals surface area contributed by atoms with Crippen LogP contribution in [-0.4, -0.2) is 57.1 Å². The third-order valence-corrected chi connectivity index (χ3v) is 13.3. The van der Waals surface area contributed by atoms with Crippen LogP contribution < -0.4 is 0 Å². The minimum atomic E-state index is -1.42. The van der Waals surface area contributed by atoms with Gasteiger partial charge in [0.05, 0.1) is 23.0 Å². The topological polar surface area (TPSA) is 130 Å². The average molecular weight is 563 g/mol. The minimum Gasteiger partial charge on any atom is -0.481 e. The largest absolute Gasteiger partial charge is 0.481 e. The van der Waals surface area contributed by atoms with Gasteiger partial charge in [-0.3, -0.25) is 14.4 Å². The van der Waals surface area contributed by atoms with E-state index < -0.39 is 52.5 Å². The molecule has 8 nitrogen and oxygen atoms in total. The fraction of sp³-hybridized carbons (Fsp3) is 0.906. The van der Waals surface area contributed by atoms with Gasteiger partial charge in [0.1, 0.15) is 6.10 Å². The van der Waals surface area contributed by atoms with E-state index in [1.54, 1.807) is 0 Å². The van der Waals surface area contributed by atoms with Crippen molar-refractivity contribution in [3.63, 3.8) is 0 Å². The molecule has 0 aromatic rings. The average Bonchev–Trinajstić information content (AvgIpc) is 3.49. The zero-order valence-electron chi connectivity index (χ0n) is 25.6. The van der Waals surface area contributed by atoms with E-state index in [9.17, 15) is 29.7 Å². The summed E-state index contributed by atoms with van der Waals surface area (Å²) in [6, 6.07) is 0. The minimum absolute atomic E-state index is 0.0542. The van der Waals surface area contributed by atoms with Crippen LogP contribution in [0.2, 0.25) is 0 Å². The normalized spacial score (nSPS) is 48.5. The van der Waals surface area contributed by atoms with Crippen molar-refractivity contribution in [2.24, 2.45) is 50.7 Å². The summed E-state index contributed by atoms with van der Waals surface area (Å²) in [7, 11) is 0. The van der Waals surface area contributed by atoms with Crippen molar-refractivity contribution in [3.05, 3.63) is 0 Å². The molecule has 11 atom stereocenters. The molecule has 0 aromatic carbocycles. The van der Waals surface area contributed by atoms with Crippen LogP contribution in [0.1, 0.15) is 107 Å². The predicted molar refractivity (Wildman–Crippen MR) is 147 cm³/mol. The summed E-state index contributed by atoms with van der Waals surface area (Å²) in [6.07, 6.45) is 4.14. The number of aliphatic hydroxyl groups excluding tert-OH is 1. The van der Waals surface area contributed by atoms with Gasteiger partial charge < -0.3 is 24.8 Å². The number of carbonyl (C=O) groups is 3. The molecule has 1 saturated heterocycles. The Morgan fingerprint density at radius 1 is 1.02 bits per heavy atom. The van der Waals surface area contributed by atoms with Gasteiger partial charge in [0.15, 0.2) is 6.10 Å². The Morgan fingerprint density at radius 2 is 1.62 bits per heavy atom. The lowest BCUT2D eigenvalue weighted by Crippen LogP contribution is -2.65. The number of aliphatic carboxylic acids is 1. The Hall–Kier alpha value is -1.67. The Balaban J connectivity index is 1.48. The second-order valence-electron chi connectivity index (χ2n) is 15.8. The van der Waals surface area contributed by atoms with Crippen LogP contribution >= 0.6 is 0 Å². The molecule has 4 aliphatic carbocycles. The summed E-state index contributed by atoms with van der Waals surface area (Å²) in [6.45, 7) is 14.5. The number of esters is 2. The molecule has 0 amide bonds. The van der Waals surface area contributed by atoms with E-state index in [4.69, 9.17) is 9.47 Å². The zero-order chi connectivity index (χ0) is 29.8. The van der Waals surface area contributed by atoms with Gasteiger partial charge in [0, 0.05) is 6.92 Å². The molecule has 5 rings (SSSR count). The first-order valence-corrected chi connectivity index (χ1v) is 15.3. The Kier molecular flexibility index (Phi) is 6.65. The van der Waals surface area contributed by atoms with Crippen molar-refractivity contribution in [3.8, 4) is 0 Å². The van der Waals surface area contributed by atoms with E-state index in [1.165, 1.54) is 20.8 Å². The number of cyclic esters (lactones) is 1. The molecule has 4 saturated carbocycles. The van der Waals surface area contributed by atoms with Gasteiger partial charge in [-0.2, -0.15) is 0 Å². The standard InChI is InChI=1S/C32H50O8/c1-17-15-19(24(28(5,6)38)39-18(2)33)40-25(35)23(17)29(7)13-14-32-16-31(32)12-11-22(34)27(3,4)20(31)9-10-21(32)30(29,8)26(36)37/h17,19-24,34,38H,9-16H2,1-8H3,(H,36,37). The molecule has 5 fully saturated rings. The van der Waals surface area contributed by atoms with Crippen LogP contribution in [0.3, 0.4) is 0 Å². The first kappa shape index (κ1) is 29.8. The van der Waals surface area contributed by atoms with Crippen LogP contribution in [0.15, 0.2) is 0 Å². The highest BCUT2D eigenvalue weighted by Gasteiger charge is 2.83. The second kappa shape index (κ2) is 8.92. The van der Waals surface area contributed by atoms with E-state index in [0.717, 1.165) is 38.5 Å². The van der Waals surface area contributed by atoms with Crippen molar-refractivity contribution in [2.45, 2.75) is 131 Å². The number of carboxylic acid groups (broad SMARTS) is 1. The fourth-order valence-corrected chi connectivity index (χ4v) is 11.2. The maximum Gasteiger partial charge on any atom is 0.310 e. The van der Waals surface area contributed by atoms with Crippen molar-refractivity contribution >= 4 is 17.9 Å². The van der Waals surface area contributed by atoms with Crippen molar-refractivity contribution in [2.75, 3.05) is 0 Å². The lowest BCUT2D eigenvalue weighted by Gasteiger charge is -2.64. The molecule has 0 aromatic heterocycles. The van der Waals surface area contributed by atoms with Gasteiger partial charge in [0.2, 0.25) is 0 Å². The number of hydrogen-bond donors (Lipinski definition) is 3. The zero-order valence-corrected chi connectivity index (χ0v) is 25.6. The summed E-state index contributed by atoms with van der Waals surface area (Å²) in [5.41, 5.74) is -3.56. The first-order valence-electron chi connectivity index (χ1n) is 15.3. The molecule has 226 valence electrons. The van der Waals surface area contributed by atoms with Crippen LogP contribution in [0.4, 0.5) is 0 Å². The number of rotatable bonds is 5. The number of carboxylic acids is 1. The molecule has 11 unspecified atom stereocenters. The highest BCUT2D eigenvalue weighted by Crippen LogP contribution is 2.87. The highest BCUT2D eigenvalue weighted by atomic mass is 16.6. The first-order chi connectivity index (χ1) is 18.3. The highest BCUT2D eigenvalue weighted by molar-refractivity contribution is 5.81. The number of carbonyl (C=O) groups excluding carboxylic acids is 2. The molecular weight excluding hydrogens is 512 g/mol. The monoisotopic (exact) mass is 562 g/mol. The molecular formula is C32H50O8. The summed E-state index contributed by atoms with van der Waals surface area (Å²) in [4.78, 5) is 39.1. The molecule has 1 heterocycles. The van der Waals surface area contributed by atoms with Gasteiger partial charge >= 0.3 is 17.9 Å². The molecule has 8 heteroatoms. The maximum atomic E-state index is 13.9. The van der Waals surface area contributed by atoms with Crippen LogP contribution in [0.5, 0.6) is 0 Å². The summed E-state index contributed by atoms with van der Waals surface area (Å²) in [5, 5.41) is 32.6. The third kappa shape index (κ3) is 3.73. The fourth-order valence-electron chi connectivity index (χ4n) is 11.2. The Labute approximate surface area is 238 Å². The molecule has 2 spiro atoms. The van der Waals surface area contributed by atoms with Crippen LogP contribution in [0.25, 0.3) is 0 Å². The summed E-state index contributed by atoms with van der Waals surface area (Å²) in [5.74, 6) is -2.39. The SMILES string of the molecule is CC(=O)OC(C1CC(C)C(C2(C)CCC34CC35CCC(O)C(C)(C)C5CCC4C2(C)C(=O)O)C(=O)O1)C(C)(C)O. The van der Waals surface area contributed by atoms with Crippen molar-refractivity contribution in [1.82, 2.24) is 0 Å². The molecule has 40 heavy (non-hydrogen) atoms. The van der Waals surface area contributed by atoms with E-state index in [1.807, 2.05) is 20.8 Å². The Morgan fingerprint density at radius 3 is 2.17 bits per heavy atom. The maximum absolute atomic E-state index is 13.9. The summed E-state index contributed by atoms with van der Waals surface area (Å²) < 4.78 is 11.4. The van der Waals surface area contributed by atoms with Gasteiger partial charge in [-0.25, -0.2) is 0 Å². The van der Waals surface area contributed by atoms with Crippen LogP contribution in [-0.2, 0) is 23.9 Å². The Bertz CT molecular complexity index is 1090. The summed E-state index contributed by atoms with van der Waals surface area (Å²) >= 11 is 0. The molecule has 0 radical (unpaired) electrons. The van der Waals surface area contributed by atoms with Gasteiger partial charge in [-0.1, -0.05) is 27.7 Å². The number of ether oxygens (including phenoxy) is 2. The molecule has 5 aliphatic rings. The van der Waals surface area contributed by atoms with E-state index in [-0.39, 0.29) is 34.2 Å². The van der Waals surface area contributed by atoms with E-state index in [2.05, 4.69) is 13.8 Å². The predicted octanol–water partition coefficient (Wildman–Crippen LogP) is 4.73. The van der Waals surface area contributed by atoms with Crippen LogP contribution in [0, 0.1) is 50.7 Å². The van der Waals surface area contributed by atoms with E-state index in [0.29, 0.717) is 18.8 Å². The smallest absolute Gasteiger partial charge is 0.310 e. The molecule has 1 aliphatic heterocycles. The van der Waals surface area contributed by atoms with E-state index >= 15 is 0 Å². The van der Waals surface area contributed by atoms with Crippen molar-refractivity contribution < 1.29 is 39.2 Å². The third-order valence-electron chi connectivity index (χ3n) is 13.3.